The molecule has 1 aromatic heterocycles. The van der Waals surface area contributed by atoms with E-state index in [0.717, 1.165) is 20.5 Å². The van der Waals surface area contributed by atoms with Crippen molar-refractivity contribution >= 4 is 52.0 Å². The molecule has 102 valence electrons. The third-order valence-corrected chi connectivity index (χ3v) is 4.99. The quantitative estimate of drug-likeness (QED) is 0.725. The first-order valence-electron chi connectivity index (χ1n) is 5.85. The van der Waals surface area contributed by atoms with Crippen molar-refractivity contribution in [1.29, 1.82) is 0 Å². The number of hydrogen-bond donors (Lipinski definition) is 1. The Morgan fingerprint density at radius 2 is 2.16 bits per heavy atom. The Bertz CT molecular complexity index is 555. The van der Waals surface area contributed by atoms with Crippen LogP contribution >= 0.6 is 46.3 Å². The zero-order valence-corrected chi connectivity index (χ0v) is 13.8. The Morgan fingerprint density at radius 3 is 2.79 bits per heavy atom. The van der Waals surface area contributed by atoms with E-state index in [9.17, 15) is 0 Å². The molecule has 0 radical (unpaired) electrons. The molecule has 0 aliphatic rings. The van der Waals surface area contributed by atoms with Crippen molar-refractivity contribution in [3.05, 3.63) is 38.8 Å². The second kappa shape index (κ2) is 6.84. The van der Waals surface area contributed by atoms with Gasteiger partial charge in [0.25, 0.3) is 0 Å². The van der Waals surface area contributed by atoms with Crippen LogP contribution in [0.5, 0.6) is 0 Å². The number of hydrogen-bond acceptors (Lipinski definition) is 4. The second-order valence-electron chi connectivity index (χ2n) is 4.22. The molecule has 0 aliphatic heterocycles. The summed E-state index contributed by atoms with van der Waals surface area (Å²) in [5, 5.41) is 4.66. The highest BCUT2D eigenvalue weighted by Crippen LogP contribution is 2.36. The molecule has 0 saturated heterocycles. The van der Waals surface area contributed by atoms with Gasteiger partial charge in [0.15, 0.2) is 4.47 Å². The second-order valence-corrected chi connectivity index (χ2v) is 7.91. The fraction of sp³-hybridized carbons (Fsp3) is 0.308. The molecule has 1 aromatic carbocycles. The summed E-state index contributed by atoms with van der Waals surface area (Å²) in [6.07, 6.45) is 1.79. The minimum Gasteiger partial charge on any atom is -0.379 e. The molecular formula is C13H14Cl2N2S2. The highest BCUT2D eigenvalue weighted by Gasteiger charge is 2.10. The first-order valence-corrected chi connectivity index (χ1v) is 8.30. The smallest absolute Gasteiger partial charge is 0.183 e. The summed E-state index contributed by atoms with van der Waals surface area (Å²) in [6, 6.07) is 5.91. The molecule has 2 rings (SSSR count). The topological polar surface area (TPSA) is 24.9 Å². The number of benzene rings is 1. The van der Waals surface area contributed by atoms with Gasteiger partial charge in [-0.25, -0.2) is 4.98 Å². The van der Waals surface area contributed by atoms with Crippen molar-refractivity contribution in [2.24, 2.45) is 0 Å². The van der Waals surface area contributed by atoms with Crippen molar-refractivity contribution < 1.29 is 0 Å². The maximum atomic E-state index is 6.27. The number of halogens is 2. The van der Waals surface area contributed by atoms with Crippen molar-refractivity contribution in [3.8, 4) is 0 Å². The molecule has 0 bridgehead atoms. The molecule has 2 aromatic rings. The van der Waals surface area contributed by atoms with E-state index in [0.29, 0.717) is 16.3 Å². The van der Waals surface area contributed by atoms with Gasteiger partial charge in [-0.15, -0.1) is 23.1 Å². The lowest BCUT2D eigenvalue weighted by atomic mass is 10.3. The average molecular weight is 333 g/mol. The Balaban J connectivity index is 2.13. The van der Waals surface area contributed by atoms with Crippen LogP contribution in [0, 0.1) is 0 Å². The third kappa shape index (κ3) is 4.28. The van der Waals surface area contributed by atoms with Gasteiger partial charge < -0.3 is 5.32 Å². The maximum absolute atomic E-state index is 6.27. The molecule has 0 saturated carbocycles. The zero-order chi connectivity index (χ0) is 13.8. The summed E-state index contributed by atoms with van der Waals surface area (Å²) >= 11 is 15.3. The van der Waals surface area contributed by atoms with Gasteiger partial charge in [-0.3, -0.25) is 0 Å². The first kappa shape index (κ1) is 15.0. The van der Waals surface area contributed by atoms with Crippen LogP contribution in [0.25, 0.3) is 0 Å². The van der Waals surface area contributed by atoms with Gasteiger partial charge in [-0.1, -0.05) is 43.1 Å². The number of anilines is 1. The van der Waals surface area contributed by atoms with Gasteiger partial charge in [0, 0.05) is 26.9 Å². The van der Waals surface area contributed by atoms with E-state index < -0.39 is 0 Å². The van der Waals surface area contributed by atoms with E-state index in [4.69, 9.17) is 23.2 Å². The lowest BCUT2D eigenvalue weighted by Crippen LogP contribution is -2.00. The maximum Gasteiger partial charge on any atom is 0.183 e. The van der Waals surface area contributed by atoms with E-state index in [-0.39, 0.29) is 0 Å². The predicted molar refractivity (Wildman–Crippen MR) is 86.9 cm³/mol. The zero-order valence-electron chi connectivity index (χ0n) is 10.6. The van der Waals surface area contributed by atoms with E-state index in [1.807, 2.05) is 18.2 Å². The minimum absolute atomic E-state index is 0.485. The number of thiazole rings is 1. The summed E-state index contributed by atoms with van der Waals surface area (Å²) in [5.41, 5.74) is 1.05. The standard InChI is InChI=1S/C13H14Cl2N2S2/c1-8(2)18-12-10(14)4-3-5-11(12)16-6-9-7-17-13(15)19-9/h3-5,7-8,16H,6H2,1-2H3. The van der Waals surface area contributed by atoms with Crippen molar-refractivity contribution in [2.45, 2.75) is 30.5 Å². The van der Waals surface area contributed by atoms with Crippen LogP contribution in [-0.2, 0) is 6.54 Å². The molecule has 0 unspecified atom stereocenters. The Labute approximate surface area is 131 Å². The van der Waals surface area contributed by atoms with Crippen LogP contribution < -0.4 is 5.32 Å². The molecule has 0 amide bonds. The molecule has 1 N–H and O–H groups in total. The van der Waals surface area contributed by atoms with Crippen LogP contribution in [0.1, 0.15) is 18.7 Å². The molecule has 0 aliphatic carbocycles. The van der Waals surface area contributed by atoms with Crippen LogP contribution in [-0.4, -0.2) is 10.2 Å². The summed E-state index contributed by atoms with van der Waals surface area (Å²) in [4.78, 5) is 6.22. The molecule has 6 heteroatoms. The lowest BCUT2D eigenvalue weighted by molar-refractivity contribution is 1.10. The Morgan fingerprint density at radius 1 is 1.37 bits per heavy atom. The normalized spacial score (nSPS) is 11.0. The first-order chi connectivity index (χ1) is 9.06. The summed E-state index contributed by atoms with van der Waals surface area (Å²) in [7, 11) is 0. The van der Waals surface area contributed by atoms with E-state index in [1.54, 1.807) is 18.0 Å². The molecule has 2 nitrogen and oxygen atoms in total. The fourth-order valence-corrected chi connectivity index (χ4v) is 3.70. The van der Waals surface area contributed by atoms with E-state index >= 15 is 0 Å². The molecule has 0 atom stereocenters. The van der Waals surface area contributed by atoms with E-state index in [2.05, 4.69) is 24.1 Å². The largest absolute Gasteiger partial charge is 0.379 e. The molecule has 1 heterocycles. The summed E-state index contributed by atoms with van der Waals surface area (Å²) in [6.45, 7) is 5.01. The number of rotatable bonds is 5. The van der Waals surface area contributed by atoms with Crippen molar-refractivity contribution in [2.75, 3.05) is 5.32 Å². The number of nitrogens with zero attached hydrogens (tertiary/aromatic N) is 1. The Hall–Kier alpha value is -0.420. The van der Waals surface area contributed by atoms with Crippen molar-refractivity contribution in [3.63, 3.8) is 0 Å². The molecule has 19 heavy (non-hydrogen) atoms. The van der Waals surface area contributed by atoms with Crippen molar-refractivity contribution in [1.82, 2.24) is 4.98 Å². The predicted octanol–water partition coefficient (Wildman–Crippen LogP) is 5.56. The van der Waals surface area contributed by atoms with Gasteiger partial charge in [0.2, 0.25) is 0 Å². The number of nitrogens with one attached hydrogen (secondary N) is 1. The van der Waals surface area contributed by atoms with Gasteiger partial charge >= 0.3 is 0 Å². The monoisotopic (exact) mass is 332 g/mol. The van der Waals surface area contributed by atoms with Gasteiger partial charge in [0.05, 0.1) is 11.6 Å². The van der Waals surface area contributed by atoms with E-state index in [1.165, 1.54) is 11.3 Å². The lowest BCUT2D eigenvalue weighted by Gasteiger charge is -2.14. The molecule has 0 fully saturated rings. The van der Waals surface area contributed by atoms with Crippen LogP contribution in [0.2, 0.25) is 9.49 Å². The number of aromatic nitrogens is 1. The van der Waals surface area contributed by atoms with Crippen LogP contribution in [0.3, 0.4) is 0 Å². The van der Waals surface area contributed by atoms with Gasteiger partial charge in [-0.2, -0.15) is 0 Å². The average Bonchev–Trinajstić information content (AvgIpc) is 2.75. The molecule has 0 spiro atoms. The fourth-order valence-electron chi connectivity index (χ4n) is 1.55. The Kier molecular flexibility index (Phi) is 5.39. The van der Waals surface area contributed by atoms with Crippen LogP contribution in [0.15, 0.2) is 29.3 Å². The third-order valence-electron chi connectivity index (χ3n) is 2.30. The SMILES string of the molecule is CC(C)Sc1c(Cl)cccc1NCc1cnc(Cl)s1. The minimum atomic E-state index is 0.485. The highest BCUT2D eigenvalue weighted by molar-refractivity contribution is 8.00. The molecular weight excluding hydrogens is 319 g/mol. The summed E-state index contributed by atoms with van der Waals surface area (Å²) < 4.78 is 0.569. The highest BCUT2D eigenvalue weighted by atomic mass is 35.5. The van der Waals surface area contributed by atoms with Gasteiger partial charge in [-0.05, 0) is 12.1 Å². The van der Waals surface area contributed by atoms with Gasteiger partial charge in [0.1, 0.15) is 0 Å². The van der Waals surface area contributed by atoms with Crippen LogP contribution in [0.4, 0.5) is 5.69 Å². The number of thioether (sulfide) groups is 1. The summed E-state index contributed by atoms with van der Waals surface area (Å²) in [5.74, 6) is 0.